The molecule has 0 radical (unpaired) electrons. The summed E-state index contributed by atoms with van der Waals surface area (Å²) in [6.45, 7) is 3.52. The van der Waals surface area contributed by atoms with Gasteiger partial charge < -0.3 is 10.7 Å². The van der Waals surface area contributed by atoms with Crippen LogP contribution in [0.15, 0.2) is 57.0 Å². The number of allylic oxidation sites excluding steroid dienone is 1. The third-order valence-corrected chi connectivity index (χ3v) is 3.99. The van der Waals surface area contributed by atoms with E-state index in [2.05, 4.69) is 22.0 Å². The van der Waals surface area contributed by atoms with Gasteiger partial charge in [-0.25, -0.2) is 13.8 Å². The molecule has 0 aliphatic carbocycles. The Morgan fingerprint density at radius 3 is 2.96 bits per heavy atom. The first-order valence-electron chi connectivity index (χ1n) is 6.61. The van der Waals surface area contributed by atoms with Gasteiger partial charge in [0.1, 0.15) is 5.82 Å². The van der Waals surface area contributed by atoms with Crippen molar-refractivity contribution in [3.05, 3.63) is 53.5 Å². The number of benzene rings is 1. The van der Waals surface area contributed by atoms with Crippen molar-refractivity contribution in [2.24, 2.45) is 9.98 Å². The molecule has 8 heteroatoms. The molecule has 0 bridgehead atoms. The van der Waals surface area contributed by atoms with Gasteiger partial charge in [-0.05, 0) is 42.4 Å². The highest BCUT2D eigenvalue weighted by molar-refractivity contribution is 7.97. The Morgan fingerprint density at radius 2 is 2.30 bits per heavy atom. The first kappa shape index (κ1) is 16.9. The maximum atomic E-state index is 14.3. The molecule has 1 heterocycles. The second kappa shape index (κ2) is 7.68. The molecule has 1 aliphatic heterocycles. The lowest BCUT2D eigenvalue weighted by molar-refractivity contribution is 0.606. The molecule has 23 heavy (non-hydrogen) atoms. The molecule has 1 aromatic carbocycles. The van der Waals surface area contributed by atoms with Gasteiger partial charge in [-0.2, -0.15) is 0 Å². The first-order valence-corrected chi connectivity index (χ1v) is 7.38. The largest absolute Gasteiger partial charge is 0.392 e. The Bertz CT molecular complexity index is 712. The van der Waals surface area contributed by atoms with Crippen LogP contribution >= 0.6 is 11.9 Å². The fourth-order valence-corrected chi connectivity index (χ4v) is 2.95. The average molecular weight is 335 g/mol. The lowest BCUT2D eigenvalue weighted by Crippen LogP contribution is -2.21. The summed E-state index contributed by atoms with van der Waals surface area (Å²) >= 11 is 1.25. The van der Waals surface area contributed by atoms with Gasteiger partial charge in [-0.3, -0.25) is 9.30 Å². The van der Waals surface area contributed by atoms with Gasteiger partial charge >= 0.3 is 0 Å². The molecule has 0 aromatic heterocycles. The Hall–Kier alpha value is -2.48. The fraction of sp³-hybridized carbons (Fsp3) is 0.133. The van der Waals surface area contributed by atoms with E-state index in [0.29, 0.717) is 6.54 Å². The van der Waals surface area contributed by atoms with E-state index in [0.717, 1.165) is 22.9 Å². The first-order chi connectivity index (χ1) is 11.1. The van der Waals surface area contributed by atoms with E-state index in [1.807, 2.05) is 0 Å². The molecule has 2 rings (SSSR count). The minimum atomic E-state index is -0.690. The summed E-state index contributed by atoms with van der Waals surface area (Å²) in [6, 6.07) is 4.41. The maximum Gasteiger partial charge on any atom is 0.184 e. The Kier molecular flexibility index (Phi) is 5.64. The SMILES string of the molecule is C=N\C=C(F)/C(=N\C(C=N)=C\NC)N1Cc2cc(F)ccc2S1. The number of hydrogen-bond acceptors (Lipinski definition) is 5. The van der Waals surface area contributed by atoms with Gasteiger partial charge in [-0.15, -0.1) is 0 Å². The standard InChI is InChI=1S/C15H15F2N5S/c1-19-7-12(6-18)21-15(13(17)8-20-2)22-9-10-5-11(16)3-4-14(10)23-22/h3-8,18-19H,2,9H2,1H3/b12-7+,13-8+,18-6?,21-15+. The third-order valence-electron chi connectivity index (χ3n) is 2.87. The number of nitrogens with one attached hydrogen (secondary N) is 2. The normalized spacial score (nSPS) is 15.4. The molecule has 0 saturated heterocycles. The summed E-state index contributed by atoms with van der Waals surface area (Å²) in [5, 5.41) is 10.1. The highest BCUT2D eigenvalue weighted by Gasteiger charge is 2.26. The summed E-state index contributed by atoms with van der Waals surface area (Å²) in [4.78, 5) is 8.38. The minimum Gasteiger partial charge on any atom is -0.392 e. The fourth-order valence-electron chi connectivity index (χ4n) is 1.93. The van der Waals surface area contributed by atoms with Crippen LogP contribution in [0.3, 0.4) is 0 Å². The van der Waals surface area contributed by atoms with Crippen molar-refractivity contribution in [1.82, 2.24) is 9.62 Å². The average Bonchev–Trinajstić information content (AvgIpc) is 2.94. The molecular weight excluding hydrogens is 320 g/mol. The summed E-state index contributed by atoms with van der Waals surface area (Å²) in [7, 11) is 1.65. The summed E-state index contributed by atoms with van der Waals surface area (Å²) in [5.74, 6) is -1.04. The van der Waals surface area contributed by atoms with Gasteiger partial charge in [0.05, 0.1) is 18.4 Å². The second-order valence-corrected chi connectivity index (χ2v) is 5.54. The lowest BCUT2D eigenvalue weighted by atomic mass is 10.2. The minimum absolute atomic E-state index is 0.0102. The number of nitrogens with zero attached hydrogens (tertiary/aromatic N) is 3. The Labute approximate surface area is 137 Å². The van der Waals surface area contributed by atoms with Crippen LogP contribution in [0.1, 0.15) is 5.56 Å². The Morgan fingerprint density at radius 1 is 1.52 bits per heavy atom. The molecule has 0 spiro atoms. The number of aliphatic imine (C=N–C) groups is 2. The smallest absolute Gasteiger partial charge is 0.184 e. The van der Waals surface area contributed by atoms with Gasteiger partial charge in [-0.1, -0.05) is 0 Å². The van der Waals surface area contributed by atoms with Gasteiger partial charge in [0.25, 0.3) is 0 Å². The second-order valence-electron chi connectivity index (χ2n) is 4.48. The zero-order valence-corrected chi connectivity index (χ0v) is 13.2. The molecule has 1 aromatic rings. The molecule has 0 fully saturated rings. The van der Waals surface area contributed by atoms with Crippen LogP contribution in [0.25, 0.3) is 0 Å². The highest BCUT2D eigenvalue weighted by atomic mass is 32.2. The Balaban J connectivity index is 2.38. The van der Waals surface area contributed by atoms with Crippen LogP contribution in [0.2, 0.25) is 0 Å². The van der Waals surface area contributed by atoms with Crippen molar-refractivity contribution in [1.29, 1.82) is 5.41 Å². The molecule has 120 valence electrons. The monoisotopic (exact) mass is 335 g/mol. The van der Waals surface area contributed by atoms with Gasteiger partial charge in [0.2, 0.25) is 0 Å². The van der Waals surface area contributed by atoms with Crippen molar-refractivity contribution in [3.8, 4) is 0 Å². The topological polar surface area (TPSA) is 63.8 Å². The zero-order chi connectivity index (χ0) is 16.8. The van der Waals surface area contributed by atoms with E-state index in [1.165, 1.54) is 30.3 Å². The van der Waals surface area contributed by atoms with Crippen LogP contribution in [0, 0.1) is 11.2 Å². The highest BCUT2D eigenvalue weighted by Crippen LogP contribution is 2.37. The molecule has 1 aliphatic rings. The number of fused-ring (bicyclic) bond motifs is 1. The summed E-state index contributed by atoms with van der Waals surface area (Å²) < 4.78 is 29.2. The number of halogens is 2. The van der Waals surface area contributed by atoms with Crippen LogP contribution in [0.4, 0.5) is 8.78 Å². The van der Waals surface area contributed by atoms with Crippen molar-refractivity contribution < 1.29 is 8.78 Å². The number of hydrogen-bond donors (Lipinski definition) is 2. The van der Waals surface area contributed by atoms with E-state index in [9.17, 15) is 8.78 Å². The third kappa shape index (κ3) is 4.04. The molecule has 0 unspecified atom stereocenters. The van der Waals surface area contributed by atoms with Crippen LogP contribution < -0.4 is 5.32 Å². The molecule has 2 N–H and O–H groups in total. The van der Waals surface area contributed by atoms with Crippen LogP contribution in [-0.4, -0.2) is 30.1 Å². The molecule has 0 atom stereocenters. The van der Waals surface area contributed by atoms with Crippen molar-refractivity contribution in [3.63, 3.8) is 0 Å². The summed E-state index contributed by atoms with van der Waals surface area (Å²) in [5.41, 5.74) is 0.980. The van der Waals surface area contributed by atoms with Crippen LogP contribution in [-0.2, 0) is 6.54 Å². The van der Waals surface area contributed by atoms with E-state index in [4.69, 9.17) is 5.41 Å². The number of rotatable bonds is 5. The van der Waals surface area contributed by atoms with E-state index in [1.54, 1.807) is 17.4 Å². The van der Waals surface area contributed by atoms with Crippen molar-refractivity contribution >= 4 is 30.7 Å². The lowest BCUT2D eigenvalue weighted by Gasteiger charge is -2.17. The van der Waals surface area contributed by atoms with Crippen molar-refractivity contribution in [2.75, 3.05) is 7.05 Å². The predicted octanol–water partition coefficient (Wildman–Crippen LogP) is 3.27. The summed E-state index contributed by atoms with van der Waals surface area (Å²) in [6.07, 6.45) is 3.41. The quantitative estimate of drug-likeness (QED) is 0.493. The van der Waals surface area contributed by atoms with E-state index >= 15 is 0 Å². The maximum absolute atomic E-state index is 14.3. The van der Waals surface area contributed by atoms with Crippen molar-refractivity contribution in [2.45, 2.75) is 11.4 Å². The van der Waals surface area contributed by atoms with E-state index in [-0.39, 0.29) is 17.3 Å². The zero-order valence-electron chi connectivity index (χ0n) is 12.4. The molecular formula is C15H15F2N5S. The molecule has 5 nitrogen and oxygen atoms in total. The predicted molar refractivity (Wildman–Crippen MR) is 89.9 cm³/mol. The van der Waals surface area contributed by atoms with Gasteiger partial charge in [0.15, 0.2) is 11.7 Å². The number of amidine groups is 1. The van der Waals surface area contributed by atoms with E-state index < -0.39 is 5.83 Å². The van der Waals surface area contributed by atoms with Crippen LogP contribution in [0.5, 0.6) is 0 Å². The molecule has 0 saturated carbocycles. The molecule has 0 amide bonds. The van der Waals surface area contributed by atoms with Gasteiger partial charge in [0, 0.05) is 24.4 Å².